The highest BCUT2D eigenvalue weighted by molar-refractivity contribution is 9.10. The summed E-state index contributed by atoms with van der Waals surface area (Å²) < 4.78 is 5.56. The van der Waals surface area contributed by atoms with Gasteiger partial charge in [-0.05, 0) is 75.2 Å². The second kappa shape index (κ2) is 6.80. The molecule has 6 rings (SSSR count). The van der Waals surface area contributed by atoms with Gasteiger partial charge in [-0.3, -0.25) is 14.4 Å². The van der Waals surface area contributed by atoms with Gasteiger partial charge in [0.1, 0.15) is 5.00 Å². The number of ether oxygens (including phenoxy) is 1. The van der Waals surface area contributed by atoms with Crippen LogP contribution in [-0.4, -0.2) is 28.7 Å². The molecule has 0 saturated heterocycles. The number of halogens is 1. The summed E-state index contributed by atoms with van der Waals surface area (Å²) in [5.74, 6) is -0.0337. The molecule has 0 spiro atoms. The molecule has 5 aliphatic rings. The fourth-order valence-corrected chi connectivity index (χ4v) is 9.35. The van der Waals surface area contributed by atoms with E-state index >= 15 is 0 Å². The lowest BCUT2D eigenvalue weighted by Gasteiger charge is -2.58. The molecule has 1 heterocycles. The molecule has 6 nitrogen and oxygen atoms in total. The molecule has 0 radical (unpaired) electrons. The Morgan fingerprint density at radius 2 is 1.90 bits per heavy atom. The summed E-state index contributed by atoms with van der Waals surface area (Å²) in [7, 11) is 0. The van der Waals surface area contributed by atoms with Crippen LogP contribution in [0, 0.1) is 17.3 Å². The number of anilines is 1. The number of alkyl halides is 1. The van der Waals surface area contributed by atoms with E-state index in [1.54, 1.807) is 0 Å². The van der Waals surface area contributed by atoms with E-state index in [0.29, 0.717) is 22.4 Å². The van der Waals surface area contributed by atoms with Crippen LogP contribution in [0.15, 0.2) is 0 Å². The topological polar surface area (TPSA) is 98.5 Å². The predicted molar refractivity (Wildman–Crippen MR) is 113 cm³/mol. The van der Waals surface area contributed by atoms with Crippen molar-refractivity contribution in [2.75, 3.05) is 11.9 Å². The molecule has 0 unspecified atom stereocenters. The van der Waals surface area contributed by atoms with Crippen molar-refractivity contribution in [1.29, 1.82) is 0 Å². The molecule has 0 aromatic carbocycles. The van der Waals surface area contributed by atoms with Crippen LogP contribution in [0.5, 0.6) is 0 Å². The third-order valence-electron chi connectivity index (χ3n) is 7.18. The highest BCUT2D eigenvalue weighted by Gasteiger charge is 2.60. The van der Waals surface area contributed by atoms with Gasteiger partial charge in [0.05, 0.1) is 11.0 Å². The minimum absolute atomic E-state index is 0.0618. The maximum Gasteiger partial charge on any atom is 0.312 e. The third kappa shape index (κ3) is 3.32. The van der Waals surface area contributed by atoms with E-state index in [4.69, 9.17) is 10.5 Å². The van der Waals surface area contributed by atoms with E-state index in [9.17, 15) is 14.4 Å². The number of fused-ring (bicyclic) bond motifs is 1. The number of amides is 2. The quantitative estimate of drug-likeness (QED) is 0.497. The van der Waals surface area contributed by atoms with Crippen molar-refractivity contribution in [2.45, 2.75) is 62.1 Å². The van der Waals surface area contributed by atoms with E-state index in [1.165, 1.54) is 17.8 Å². The Morgan fingerprint density at radius 3 is 2.55 bits per heavy atom. The van der Waals surface area contributed by atoms with E-state index < -0.39 is 17.2 Å². The molecule has 2 amide bonds. The van der Waals surface area contributed by atoms with Crippen LogP contribution >= 0.6 is 27.3 Å². The smallest absolute Gasteiger partial charge is 0.312 e. The van der Waals surface area contributed by atoms with Gasteiger partial charge < -0.3 is 15.8 Å². The highest BCUT2D eigenvalue weighted by atomic mass is 79.9. The molecular weight excluding hydrogens is 456 g/mol. The largest absolute Gasteiger partial charge is 0.455 e. The Kier molecular flexibility index (Phi) is 4.59. The minimum Gasteiger partial charge on any atom is -0.455 e. The molecule has 1 aromatic heterocycles. The number of esters is 1. The summed E-state index contributed by atoms with van der Waals surface area (Å²) in [4.78, 5) is 38.4. The van der Waals surface area contributed by atoms with Crippen LogP contribution < -0.4 is 11.1 Å². The van der Waals surface area contributed by atoms with Crippen molar-refractivity contribution in [2.24, 2.45) is 23.0 Å². The number of carbonyl (C=O) groups excluding carboxylic acids is 3. The lowest BCUT2D eigenvalue weighted by molar-refractivity contribution is -0.170. The lowest BCUT2D eigenvalue weighted by Crippen LogP contribution is -2.56. The van der Waals surface area contributed by atoms with Crippen LogP contribution in [0.4, 0.5) is 5.00 Å². The van der Waals surface area contributed by atoms with Gasteiger partial charge in [0, 0.05) is 9.20 Å². The number of hydrogen-bond acceptors (Lipinski definition) is 5. The molecule has 5 aliphatic carbocycles. The minimum atomic E-state index is -0.520. The van der Waals surface area contributed by atoms with Gasteiger partial charge in [0.15, 0.2) is 6.61 Å². The van der Waals surface area contributed by atoms with Crippen LogP contribution in [0.3, 0.4) is 0 Å². The normalized spacial score (nSPS) is 34.1. The van der Waals surface area contributed by atoms with Gasteiger partial charge in [0.25, 0.3) is 11.8 Å². The zero-order chi connectivity index (χ0) is 20.4. The third-order valence-corrected chi connectivity index (χ3v) is 9.31. The Bertz CT molecular complexity index is 897. The number of thiophene rings is 1. The summed E-state index contributed by atoms with van der Waals surface area (Å²) in [6, 6.07) is 0. The van der Waals surface area contributed by atoms with Crippen molar-refractivity contribution < 1.29 is 19.1 Å². The zero-order valence-corrected chi connectivity index (χ0v) is 18.6. The summed E-state index contributed by atoms with van der Waals surface area (Å²) in [5.41, 5.74) is 6.48. The molecule has 8 heteroatoms. The van der Waals surface area contributed by atoms with Crippen LogP contribution in [-0.2, 0) is 27.2 Å². The van der Waals surface area contributed by atoms with Gasteiger partial charge >= 0.3 is 5.97 Å². The second-order valence-corrected chi connectivity index (χ2v) is 12.2. The summed E-state index contributed by atoms with van der Waals surface area (Å²) in [5, 5.41) is 3.23. The van der Waals surface area contributed by atoms with Gasteiger partial charge in [-0.1, -0.05) is 15.9 Å². The maximum atomic E-state index is 13.0. The first-order valence-electron chi connectivity index (χ1n) is 10.4. The van der Waals surface area contributed by atoms with Crippen molar-refractivity contribution in [1.82, 2.24) is 0 Å². The summed E-state index contributed by atoms with van der Waals surface area (Å²) in [6.07, 6.45) is 8.76. The van der Waals surface area contributed by atoms with E-state index in [2.05, 4.69) is 21.2 Å². The van der Waals surface area contributed by atoms with Gasteiger partial charge in [-0.15, -0.1) is 11.3 Å². The van der Waals surface area contributed by atoms with Crippen molar-refractivity contribution in [3.8, 4) is 0 Å². The SMILES string of the molecule is NC(=O)c1c(NC(=O)COC(=O)C23C[C@H]4C[C@@H](CC(Br)(C4)C2)C3)sc2c1CCC2. The van der Waals surface area contributed by atoms with Gasteiger partial charge in [-0.2, -0.15) is 0 Å². The first kappa shape index (κ1) is 19.5. The Hall–Kier alpha value is -1.41. The maximum absolute atomic E-state index is 13.0. The Morgan fingerprint density at radius 1 is 1.17 bits per heavy atom. The van der Waals surface area contributed by atoms with E-state index in [0.717, 1.165) is 61.8 Å². The predicted octanol–water partition coefficient (Wildman–Crippen LogP) is 3.55. The molecule has 4 fully saturated rings. The summed E-state index contributed by atoms with van der Waals surface area (Å²) in [6.45, 7) is -0.327. The van der Waals surface area contributed by atoms with Crippen LogP contribution in [0.1, 0.15) is 65.7 Å². The van der Waals surface area contributed by atoms with Crippen molar-refractivity contribution >= 4 is 50.1 Å². The number of hydrogen-bond donors (Lipinski definition) is 2. The van der Waals surface area contributed by atoms with Crippen molar-refractivity contribution in [3.05, 3.63) is 16.0 Å². The van der Waals surface area contributed by atoms with Crippen molar-refractivity contribution in [3.63, 3.8) is 0 Å². The standard InChI is InChI=1S/C21H25BrN2O4S/c22-21-7-11-4-12(8-21)6-20(5-11,10-21)19(27)28-9-15(25)24-18-16(17(23)26)13-2-1-3-14(13)29-18/h11-12H,1-10H2,(H2,23,26)(H,24,25)/t11-,12-,20?,21?/m1/s1. The Labute approximate surface area is 182 Å². The number of nitrogens with two attached hydrogens (primary N) is 1. The molecule has 4 saturated carbocycles. The Balaban J connectivity index is 1.24. The lowest BCUT2D eigenvalue weighted by atomic mass is 9.49. The molecule has 29 heavy (non-hydrogen) atoms. The average molecular weight is 481 g/mol. The van der Waals surface area contributed by atoms with E-state index in [-0.39, 0.29) is 16.9 Å². The second-order valence-electron chi connectivity index (χ2n) is 9.44. The molecule has 1 aromatic rings. The number of nitrogens with one attached hydrogen (secondary N) is 1. The average Bonchev–Trinajstić information content (AvgIpc) is 3.17. The van der Waals surface area contributed by atoms with Gasteiger partial charge in [-0.25, -0.2) is 0 Å². The van der Waals surface area contributed by atoms with Crippen LogP contribution in [0.2, 0.25) is 0 Å². The molecule has 4 bridgehead atoms. The van der Waals surface area contributed by atoms with Crippen LogP contribution in [0.25, 0.3) is 0 Å². The molecule has 156 valence electrons. The fraction of sp³-hybridized carbons (Fsp3) is 0.667. The zero-order valence-electron chi connectivity index (χ0n) is 16.2. The highest BCUT2D eigenvalue weighted by Crippen LogP contribution is 2.64. The molecule has 0 aliphatic heterocycles. The van der Waals surface area contributed by atoms with E-state index in [1.807, 2.05) is 0 Å². The summed E-state index contributed by atoms with van der Waals surface area (Å²) >= 11 is 5.31. The number of carbonyl (C=O) groups is 3. The molecule has 3 N–H and O–H groups in total. The number of primary amides is 1. The first-order valence-corrected chi connectivity index (χ1v) is 12.0. The number of aryl methyl sites for hydroxylation is 1. The van der Waals surface area contributed by atoms with Gasteiger partial charge in [0.2, 0.25) is 0 Å². The molecular formula is C21H25BrN2O4S. The monoisotopic (exact) mass is 480 g/mol. The fourth-order valence-electron chi connectivity index (χ4n) is 6.59. The molecule has 2 atom stereocenters. The first-order chi connectivity index (χ1) is 13.8. The number of rotatable bonds is 5.